The van der Waals surface area contributed by atoms with Crippen LogP contribution in [-0.2, 0) is 20.7 Å². The minimum Gasteiger partial charge on any atom is -0.464 e. The van der Waals surface area contributed by atoms with Gasteiger partial charge in [0, 0.05) is 16.0 Å². The first-order valence-electron chi connectivity index (χ1n) is 10.0. The van der Waals surface area contributed by atoms with Gasteiger partial charge in [0.25, 0.3) is 0 Å². The lowest BCUT2D eigenvalue weighted by Gasteiger charge is -2.27. The molecular formula is C23H27Cl2NO5. The van der Waals surface area contributed by atoms with Gasteiger partial charge in [-0.05, 0) is 48.2 Å². The Hall–Kier alpha value is -2.12. The maximum Gasteiger partial charge on any atom is 0.337 e. The number of hydrogen-bond acceptors (Lipinski definition) is 5. The summed E-state index contributed by atoms with van der Waals surface area (Å²) in [6.07, 6.45) is -3.11. The Bertz CT molecular complexity index is 881. The number of amides is 1. The number of esters is 1. The van der Waals surface area contributed by atoms with E-state index in [1.807, 2.05) is 24.3 Å². The summed E-state index contributed by atoms with van der Waals surface area (Å²) in [5.74, 6) is -1.57. The van der Waals surface area contributed by atoms with Crippen LogP contribution in [0.15, 0.2) is 42.5 Å². The Kier molecular flexibility index (Phi) is 9.32. The van der Waals surface area contributed by atoms with Crippen LogP contribution in [0.1, 0.15) is 26.3 Å². The van der Waals surface area contributed by atoms with Gasteiger partial charge in [-0.15, -0.1) is 0 Å². The Labute approximate surface area is 192 Å². The number of benzene rings is 2. The standard InChI is InChI=1S/C23H27Cl2NO5/c1-4-31-23(30)21(28)20(27)19(26-22(29)13(2)3)9-14-5-7-15(8-6-14)16-10-17(24)12-18(25)11-16/h5-8,10-13,19-21,27-28H,4,9H2,1-3H3,(H,26,29). The SMILES string of the molecule is CCOC(=O)C(O)C(O)C(Cc1ccc(-c2cc(Cl)cc(Cl)c2)cc1)NC(=O)C(C)C. The van der Waals surface area contributed by atoms with Gasteiger partial charge >= 0.3 is 5.97 Å². The molecule has 31 heavy (non-hydrogen) atoms. The van der Waals surface area contributed by atoms with Gasteiger partial charge in [0.15, 0.2) is 6.10 Å². The van der Waals surface area contributed by atoms with Crippen LogP contribution in [0.2, 0.25) is 10.0 Å². The molecule has 0 aromatic heterocycles. The zero-order valence-electron chi connectivity index (χ0n) is 17.6. The summed E-state index contributed by atoms with van der Waals surface area (Å²) >= 11 is 12.1. The van der Waals surface area contributed by atoms with Crippen LogP contribution in [0.4, 0.5) is 0 Å². The monoisotopic (exact) mass is 467 g/mol. The van der Waals surface area contributed by atoms with Crippen LogP contribution in [0.3, 0.4) is 0 Å². The summed E-state index contributed by atoms with van der Waals surface area (Å²) < 4.78 is 4.78. The fourth-order valence-electron chi connectivity index (χ4n) is 3.00. The van der Waals surface area contributed by atoms with E-state index in [2.05, 4.69) is 5.32 Å². The minimum atomic E-state index is -1.77. The van der Waals surface area contributed by atoms with Gasteiger partial charge in [0.1, 0.15) is 6.10 Å². The minimum absolute atomic E-state index is 0.0701. The summed E-state index contributed by atoms with van der Waals surface area (Å²) in [4.78, 5) is 24.1. The maximum absolute atomic E-state index is 12.2. The number of hydrogen-bond donors (Lipinski definition) is 3. The fraction of sp³-hybridized carbons (Fsp3) is 0.391. The predicted octanol–water partition coefficient (Wildman–Crippen LogP) is 3.63. The number of rotatable bonds is 9. The van der Waals surface area contributed by atoms with Crippen molar-refractivity contribution in [2.24, 2.45) is 5.92 Å². The quantitative estimate of drug-likeness (QED) is 0.489. The molecule has 0 radical (unpaired) electrons. The average Bonchev–Trinajstić information content (AvgIpc) is 2.72. The molecule has 2 rings (SSSR count). The third-order valence-corrected chi connectivity index (χ3v) is 5.16. The van der Waals surface area contributed by atoms with Gasteiger partial charge in [-0.3, -0.25) is 4.79 Å². The normalized spacial score (nSPS) is 14.1. The fourth-order valence-corrected chi connectivity index (χ4v) is 3.53. The molecule has 1 amide bonds. The van der Waals surface area contributed by atoms with Crippen molar-refractivity contribution in [3.05, 3.63) is 58.1 Å². The second-order valence-electron chi connectivity index (χ2n) is 7.52. The molecule has 0 fully saturated rings. The molecule has 3 atom stereocenters. The van der Waals surface area contributed by atoms with Crippen molar-refractivity contribution in [3.63, 3.8) is 0 Å². The Morgan fingerprint density at radius 3 is 2.10 bits per heavy atom. The summed E-state index contributed by atoms with van der Waals surface area (Å²) in [5, 5.41) is 24.5. The summed E-state index contributed by atoms with van der Waals surface area (Å²) in [7, 11) is 0. The van der Waals surface area contributed by atoms with Crippen molar-refractivity contribution in [1.82, 2.24) is 5.32 Å². The molecule has 0 saturated carbocycles. The molecule has 6 nitrogen and oxygen atoms in total. The molecule has 2 aromatic rings. The number of carbonyl (C=O) groups is 2. The molecule has 3 unspecified atom stereocenters. The topological polar surface area (TPSA) is 95.9 Å². The molecule has 3 N–H and O–H groups in total. The summed E-state index contributed by atoms with van der Waals surface area (Å²) in [6, 6.07) is 11.8. The van der Waals surface area contributed by atoms with E-state index in [-0.39, 0.29) is 24.9 Å². The number of halogens is 2. The first kappa shape index (κ1) is 25.1. The highest BCUT2D eigenvalue weighted by molar-refractivity contribution is 6.35. The van der Waals surface area contributed by atoms with E-state index in [0.29, 0.717) is 10.0 Å². The van der Waals surface area contributed by atoms with Crippen molar-refractivity contribution in [2.75, 3.05) is 6.61 Å². The maximum atomic E-state index is 12.2. The second kappa shape index (κ2) is 11.5. The third-order valence-electron chi connectivity index (χ3n) is 4.72. The van der Waals surface area contributed by atoms with Crippen LogP contribution < -0.4 is 5.32 Å². The highest BCUT2D eigenvalue weighted by atomic mass is 35.5. The van der Waals surface area contributed by atoms with Crippen molar-refractivity contribution in [2.45, 2.75) is 45.4 Å². The van der Waals surface area contributed by atoms with Crippen molar-refractivity contribution in [3.8, 4) is 11.1 Å². The van der Waals surface area contributed by atoms with E-state index in [4.69, 9.17) is 27.9 Å². The first-order valence-corrected chi connectivity index (χ1v) is 10.8. The van der Waals surface area contributed by atoms with Gasteiger partial charge < -0.3 is 20.3 Å². The number of aliphatic hydroxyl groups is 2. The molecule has 0 bridgehead atoms. The van der Waals surface area contributed by atoms with Gasteiger partial charge in [-0.25, -0.2) is 4.79 Å². The number of aliphatic hydroxyl groups excluding tert-OH is 2. The Morgan fingerprint density at radius 1 is 1.00 bits per heavy atom. The molecule has 2 aromatic carbocycles. The van der Waals surface area contributed by atoms with E-state index in [0.717, 1.165) is 16.7 Å². The lowest BCUT2D eigenvalue weighted by atomic mass is 9.95. The van der Waals surface area contributed by atoms with Gasteiger partial charge in [0.2, 0.25) is 5.91 Å². The van der Waals surface area contributed by atoms with E-state index in [9.17, 15) is 19.8 Å². The first-order chi connectivity index (χ1) is 14.6. The van der Waals surface area contributed by atoms with Crippen LogP contribution in [-0.4, -0.2) is 46.9 Å². The van der Waals surface area contributed by atoms with Gasteiger partial charge in [-0.2, -0.15) is 0 Å². The number of carbonyl (C=O) groups excluding carboxylic acids is 2. The smallest absolute Gasteiger partial charge is 0.337 e. The lowest BCUT2D eigenvalue weighted by Crippen LogP contribution is -2.53. The average molecular weight is 468 g/mol. The predicted molar refractivity (Wildman–Crippen MR) is 121 cm³/mol. The second-order valence-corrected chi connectivity index (χ2v) is 8.39. The van der Waals surface area contributed by atoms with Gasteiger partial charge in [-0.1, -0.05) is 61.3 Å². The molecule has 0 heterocycles. The third kappa shape index (κ3) is 7.21. The van der Waals surface area contributed by atoms with E-state index < -0.39 is 24.2 Å². The van der Waals surface area contributed by atoms with E-state index in [1.54, 1.807) is 39.0 Å². The Morgan fingerprint density at radius 2 is 1.58 bits per heavy atom. The summed E-state index contributed by atoms with van der Waals surface area (Å²) in [5.41, 5.74) is 2.54. The highest BCUT2D eigenvalue weighted by Gasteiger charge is 2.33. The van der Waals surface area contributed by atoms with Gasteiger partial charge in [0.05, 0.1) is 12.6 Å². The van der Waals surface area contributed by atoms with Crippen molar-refractivity contribution < 1.29 is 24.5 Å². The molecule has 8 heteroatoms. The summed E-state index contributed by atoms with van der Waals surface area (Å²) in [6.45, 7) is 5.10. The molecular weight excluding hydrogens is 441 g/mol. The van der Waals surface area contributed by atoms with Crippen LogP contribution in [0.5, 0.6) is 0 Å². The molecule has 168 valence electrons. The highest BCUT2D eigenvalue weighted by Crippen LogP contribution is 2.27. The molecule has 0 aliphatic rings. The lowest BCUT2D eigenvalue weighted by molar-refractivity contribution is -0.161. The van der Waals surface area contributed by atoms with Crippen molar-refractivity contribution in [1.29, 1.82) is 0 Å². The largest absolute Gasteiger partial charge is 0.464 e. The Balaban J connectivity index is 2.22. The number of ether oxygens (including phenoxy) is 1. The molecule has 0 spiro atoms. The van der Waals surface area contributed by atoms with E-state index in [1.165, 1.54) is 0 Å². The van der Waals surface area contributed by atoms with Crippen molar-refractivity contribution >= 4 is 35.1 Å². The van der Waals surface area contributed by atoms with Crippen LogP contribution >= 0.6 is 23.2 Å². The molecule has 0 aliphatic heterocycles. The van der Waals surface area contributed by atoms with Crippen LogP contribution in [0.25, 0.3) is 11.1 Å². The van der Waals surface area contributed by atoms with Crippen LogP contribution in [0, 0.1) is 5.92 Å². The zero-order chi connectivity index (χ0) is 23.1. The van der Waals surface area contributed by atoms with E-state index >= 15 is 0 Å². The molecule has 0 saturated heterocycles. The zero-order valence-corrected chi connectivity index (χ0v) is 19.2. The molecule has 0 aliphatic carbocycles. The number of nitrogens with one attached hydrogen (secondary N) is 1.